The van der Waals surface area contributed by atoms with Crippen molar-refractivity contribution in [3.05, 3.63) is 29.6 Å². The lowest BCUT2D eigenvalue weighted by molar-refractivity contribution is 0.340. The molecule has 0 bridgehead atoms. The Morgan fingerprint density at radius 3 is 2.79 bits per heavy atom. The summed E-state index contributed by atoms with van der Waals surface area (Å²) in [5, 5.41) is 8.35. The van der Waals surface area contributed by atoms with Crippen molar-refractivity contribution in [3.8, 4) is 11.8 Å². The summed E-state index contributed by atoms with van der Waals surface area (Å²) >= 11 is 0. The highest BCUT2D eigenvalue weighted by Gasteiger charge is 2.11. The highest BCUT2D eigenvalue weighted by Crippen LogP contribution is 2.28. The molecule has 0 aliphatic heterocycles. The molecular weight excluding hydrogens is 181 g/mol. The van der Waals surface area contributed by atoms with Gasteiger partial charge in [-0.05, 0) is 17.5 Å². The van der Waals surface area contributed by atoms with Gasteiger partial charge in [-0.3, -0.25) is 0 Å². The van der Waals surface area contributed by atoms with Crippen LogP contribution in [0, 0.1) is 17.1 Å². The summed E-state index contributed by atoms with van der Waals surface area (Å²) in [6.45, 7) is 3.78. The van der Waals surface area contributed by atoms with Gasteiger partial charge in [-0.15, -0.1) is 0 Å². The summed E-state index contributed by atoms with van der Waals surface area (Å²) < 4.78 is 18.3. The standard InChI is InChI=1S/C11H12FNO/c1-8(2)9-4-3-5-10(12)11(9)14-7-6-13/h3-5,8H,7H2,1-2H3. The lowest BCUT2D eigenvalue weighted by Crippen LogP contribution is -2.01. The van der Waals surface area contributed by atoms with Gasteiger partial charge in [0, 0.05) is 0 Å². The molecule has 0 saturated carbocycles. The first-order valence-electron chi connectivity index (χ1n) is 4.45. The van der Waals surface area contributed by atoms with E-state index >= 15 is 0 Å². The number of rotatable bonds is 3. The number of nitrogens with zero attached hydrogens (tertiary/aromatic N) is 1. The van der Waals surface area contributed by atoms with E-state index in [2.05, 4.69) is 0 Å². The zero-order valence-electron chi connectivity index (χ0n) is 8.25. The van der Waals surface area contributed by atoms with E-state index in [-0.39, 0.29) is 18.3 Å². The predicted molar refractivity (Wildman–Crippen MR) is 51.6 cm³/mol. The van der Waals surface area contributed by atoms with Crippen LogP contribution in [0.1, 0.15) is 25.3 Å². The summed E-state index contributed by atoms with van der Waals surface area (Å²) in [5.41, 5.74) is 0.792. The minimum atomic E-state index is -0.411. The van der Waals surface area contributed by atoms with Crippen molar-refractivity contribution in [3.63, 3.8) is 0 Å². The molecule has 0 heterocycles. The third kappa shape index (κ3) is 2.23. The monoisotopic (exact) mass is 193 g/mol. The molecule has 2 nitrogen and oxygen atoms in total. The average molecular weight is 193 g/mol. The first kappa shape index (κ1) is 10.5. The molecule has 0 N–H and O–H groups in total. The number of halogens is 1. The Morgan fingerprint density at radius 1 is 1.50 bits per heavy atom. The molecule has 1 aromatic carbocycles. The Hall–Kier alpha value is -1.56. The van der Waals surface area contributed by atoms with E-state index in [4.69, 9.17) is 10.00 Å². The molecule has 0 amide bonds. The minimum Gasteiger partial charge on any atom is -0.475 e. The quantitative estimate of drug-likeness (QED) is 0.739. The van der Waals surface area contributed by atoms with Crippen LogP contribution in [0.3, 0.4) is 0 Å². The van der Waals surface area contributed by atoms with Crippen LogP contribution in [0.5, 0.6) is 5.75 Å². The molecule has 14 heavy (non-hydrogen) atoms. The smallest absolute Gasteiger partial charge is 0.174 e. The predicted octanol–water partition coefficient (Wildman–Crippen LogP) is 2.85. The van der Waals surface area contributed by atoms with Crippen LogP contribution in [-0.2, 0) is 0 Å². The fourth-order valence-electron chi connectivity index (χ4n) is 1.24. The van der Waals surface area contributed by atoms with Crippen molar-refractivity contribution in [1.29, 1.82) is 5.26 Å². The molecule has 0 spiro atoms. The molecule has 0 radical (unpaired) electrons. The van der Waals surface area contributed by atoms with E-state index in [0.717, 1.165) is 5.56 Å². The van der Waals surface area contributed by atoms with Gasteiger partial charge in [0.05, 0.1) is 0 Å². The summed E-state index contributed by atoms with van der Waals surface area (Å²) in [4.78, 5) is 0. The Bertz CT molecular complexity index is 355. The van der Waals surface area contributed by atoms with Gasteiger partial charge in [-0.1, -0.05) is 26.0 Å². The number of benzene rings is 1. The van der Waals surface area contributed by atoms with Gasteiger partial charge < -0.3 is 4.74 Å². The number of para-hydroxylation sites is 1. The van der Waals surface area contributed by atoms with Crippen LogP contribution in [0.25, 0.3) is 0 Å². The second-order valence-electron chi connectivity index (χ2n) is 3.26. The molecule has 1 aromatic rings. The fraction of sp³-hybridized carbons (Fsp3) is 0.364. The van der Waals surface area contributed by atoms with E-state index in [1.54, 1.807) is 12.1 Å². The lowest BCUT2D eigenvalue weighted by atomic mass is 10.0. The normalized spacial score (nSPS) is 9.93. The molecule has 1 rings (SSSR count). The number of hydrogen-bond acceptors (Lipinski definition) is 2. The van der Waals surface area contributed by atoms with Crippen LogP contribution in [0.4, 0.5) is 4.39 Å². The van der Waals surface area contributed by atoms with Crippen LogP contribution in [-0.4, -0.2) is 6.61 Å². The minimum absolute atomic E-state index is 0.124. The van der Waals surface area contributed by atoms with Gasteiger partial charge in [-0.2, -0.15) is 5.26 Å². The average Bonchev–Trinajstić information content (AvgIpc) is 2.15. The van der Waals surface area contributed by atoms with Crippen molar-refractivity contribution in [1.82, 2.24) is 0 Å². The molecule has 0 unspecified atom stereocenters. The maximum Gasteiger partial charge on any atom is 0.174 e. The third-order valence-corrected chi connectivity index (χ3v) is 1.90. The van der Waals surface area contributed by atoms with Crippen molar-refractivity contribution in [2.75, 3.05) is 6.61 Å². The van der Waals surface area contributed by atoms with Crippen molar-refractivity contribution in [2.24, 2.45) is 0 Å². The van der Waals surface area contributed by atoms with E-state index in [9.17, 15) is 4.39 Å². The maximum absolute atomic E-state index is 13.3. The Labute approximate surface area is 82.9 Å². The lowest BCUT2D eigenvalue weighted by Gasteiger charge is -2.12. The summed E-state index contributed by atoms with van der Waals surface area (Å²) in [6, 6.07) is 6.60. The van der Waals surface area contributed by atoms with E-state index < -0.39 is 5.82 Å². The molecule has 0 saturated heterocycles. The van der Waals surface area contributed by atoms with Gasteiger partial charge in [0.25, 0.3) is 0 Å². The van der Waals surface area contributed by atoms with Gasteiger partial charge in [0.2, 0.25) is 0 Å². The van der Waals surface area contributed by atoms with E-state index in [1.165, 1.54) is 6.07 Å². The largest absolute Gasteiger partial charge is 0.475 e. The summed E-state index contributed by atoms with van der Waals surface area (Å²) in [7, 11) is 0. The molecule has 0 aromatic heterocycles. The first-order chi connectivity index (χ1) is 6.66. The summed E-state index contributed by atoms with van der Waals surface area (Å²) in [6.07, 6.45) is 0. The highest BCUT2D eigenvalue weighted by atomic mass is 19.1. The molecule has 0 atom stereocenters. The maximum atomic E-state index is 13.3. The third-order valence-electron chi connectivity index (χ3n) is 1.90. The Kier molecular flexibility index (Phi) is 3.47. The Morgan fingerprint density at radius 2 is 2.21 bits per heavy atom. The molecule has 0 fully saturated rings. The molecule has 3 heteroatoms. The SMILES string of the molecule is CC(C)c1cccc(F)c1OCC#N. The highest BCUT2D eigenvalue weighted by molar-refractivity contribution is 5.37. The first-order valence-corrected chi connectivity index (χ1v) is 4.45. The molecule has 0 aliphatic rings. The van der Waals surface area contributed by atoms with Gasteiger partial charge >= 0.3 is 0 Å². The van der Waals surface area contributed by atoms with Crippen molar-refractivity contribution >= 4 is 0 Å². The van der Waals surface area contributed by atoms with E-state index in [1.807, 2.05) is 19.9 Å². The number of ether oxygens (including phenoxy) is 1. The fourth-order valence-corrected chi connectivity index (χ4v) is 1.24. The van der Waals surface area contributed by atoms with Crippen LogP contribution >= 0.6 is 0 Å². The van der Waals surface area contributed by atoms with Gasteiger partial charge in [0.1, 0.15) is 6.07 Å². The second kappa shape index (κ2) is 4.61. The van der Waals surface area contributed by atoms with Crippen LogP contribution < -0.4 is 4.74 Å². The molecular formula is C11H12FNO. The summed E-state index contributed by atoms with van der Waals surface area (Å²) in [5.74, 6) is -0.0325. The zero-order chi connectivity index (χ0) is 10.6. The van der Waals surface area contributed by atoms with Crippen molar-refractivity contribution in [2.45, 2.75) is 19.8 Å². The molecule has 74 valence electrons. The Balaban J connectivity index is 3.04. The number of hydrogen-bond donors (Lipinski definition) is 0. The van der Waals surface area contributed by atoms with Gasteiger partial charge in [-0.25, -0.2) is 4.39 Å². The molecule has 0 aliphatic carbocycles. The zero-order valence-corrected chi connectivity index (χ0v) is 8.25. The second-order valence-corrected chi connectivity index (χ2v) is 3.26. The van der Waals surface area contributed by atoms with E-state index in [0.29, 0.717) is 0 Å². The van der Waals surface area contributed by atoms with Crippen molar-refractivity contribution < 1.29 is 9.13 Å². The van der Waals surface area contributed by atoms with Gasteiger partial charge in [0.15, 0.2) is 18.2 Å². The topological polar surface area (TPSA) is 33.0 Å². The van der Waals surface area contributed by atoms with Crippen LogP contribution in [0.2, 0.25) is 0 Å². The van der Waals surface area contributed by atoms with Crippen LogP contribution in [0.15, 0.2) is 18.2 Å². The number of nitriles is 1.